The molecule has 0 aliphatic heterocycles. The highest BCUT2D eigenvalue weighted by molar-refractivity contribution is 7.71. The Bertz CT molecular complexity index is 779. The number of nitrogens with zero attached hydrogens (tertiary/aromatic N) is 3. The number of hydrogen-bond donors (Lipinski definition) is 1. The van der Waals surface area contributed by atoms with Gasteiger partial charge in [0.25, 0.3) is 0 Å². The second-order valence-corrected chi connectivity index (χ2v) is 5.41. The molecule has 3 aromatic rings. The van der Waals surface area contributed by atoms with Crippen molar-refractivity contribution in [1.29, 1.82) is 0 Å². The average molecular weight is 286 g/mol. The molecule has 20 heavy (non-hydrogen) atoms. The Hall–Kier alpha value is -1.88. The first-order chi connectivity index (χ1) is 9.70. The number of fused-ring (bicyclic) bond motifs is 1. The van der Waals surface area contributed by atoms with Crippen molar-refractivity contribution >= 4 is 23.4 Å². The largest absolute Gasteiger partial charge is 0.328 e. The maximum Gasteiger partial charge on any atom is 0.179 e. The van der Waals surface area contributed by atoms with E-state index in [0.29, 0.717) is 0 Å². The zero-order valence-corrected chi connectivity index (χ0v) is 12.6. The van der Waals surface area contributed by atoms with Crippen molar-refractivity contribution < 1.29 is 0 Å². The first kappa shape index (κ1) is 13.1. The molecule has 0 aliphatic carbocycles. The van der Waals surface area contributed by atoms with E-state index >= 15 is 0 Å². The van der Waals surface area contributed by atoms with Crippen LogP contribution in [-0.2, 0) is 20.0 Å². The van der Waals surface area contributed by atoms with Crippen LogP contribution in [-0.4, -0.2) is 19.3 Å². The van der Waals surface area contributed by atoms with Gasteiger partial charge in [-0.2, -0.15) is 5.10 Å². The smallest absolute Gasteiger partial charge is 0.179 e. The van der Waals surface area contributed by atoms with Gasteiger partial charge in [-0.15, -0.1) is 0 Å². The highest BCUT2D eigenvalue weighted by atomic mass is 32.1. The third-order valence-corrected chi connectivity index (χ3v) is 3.81. The van der Waals surface area contributed by atoms with E-state index in [2.05, 4.69) is 45.8 Å². The summed E-state index contributed by atoms with van der Waals surface area (Å²) in [6.45, 7) is 2.93. The number of nitrogens with one attached hydrogen (secondary N) is 1. The number of aryl methyl sites for hydroxylation is 2. The van der Waals surface area contributed by atoms with Crippen LogP contribution in [0.4, 0.5) is 0 Å². The molecular formula is C15H18N4S. The van der Waals surface area contributed by atoms with E-state index in [1.165, 1.54) is 5.56 Å². The number of aromatic amines is 1. The lowest BCUT2D eigenvalue weighted by Gasteiger charge is -2.04. The van der Waals surface area contributed by atoms with Crippen LogP contribution in [0.2, 0.25) is 0 Å². The van der Waals surface area contributed by atoms with E-state index in [-0.39, 0.29) is 0 Å². The topological polar surface area (TPSA) is 38.5 Å². The lowest BCUT2D eigenvalue weighted by molar-refractivity contribution is 0.703. The Balaban J connectivity index is 2.11. The Morgan fingerprint density at radius 2 is 2.00 bits per heavy atom. The fourth-order valence-corrected chi connectivity index (χ4v) is 2.86. The fraction of sp³-hybridized carbons (Fsp3) is 0.333. The van der Waals surface area contributed by atoms with Crippen LogP contribution in [0.1, 0.15) is 24.6 Å². The zero-order valence-electron chi connectivity index (χ0n) is 11.8. The van der Waals surface area contributed by atoms with Crippen LogP contribution in [0.25, 0.3) is 11.2 Å². The van der Waals surface area contributed by atoms with Gasteiger partial charge in [-0.25, -0.2) is 0 Å². The van der Waals surface area contributed by atoms with Gasteiger partial charge in [-0.05, 0) is 24.2 Å². The van der Waals surface area contributed by atoms with Crippen LogP contribution in [0, 0.1) is 4.77 Å². The van der Waals surface area contributed by atoms with Gasteiger partial charge in [0, 0.05) is 7.05 Å². The van der Waals surface area contributed by atoms with E-state index in [4.69, 9.17) is 12.2 Å². The lowest BCUT2D eigenvalue weighted by Crippen LogP contribution is -2.04. The van der Waals surface area contributed by atoms with Crippen LogP contribution in [0.15, 0.2) is 30.3 Å². The molecule has 0 saturated heterocycles. The number of aromatic nitrogens is 4. The molecule has 1 N–H and O–H groups in total. The summed E-state index contributed by atoms with van der Waals surface area (Å²) in [4.78, 5) is 3.32. The number of hydrogen-bond acceptors (Lipinski definition) is 2. The van der Waals surface area contributed by atoms with E-state index < -0.39 is 0 Å². The van der Waals surface area contributed by atoms with Crippen molar-refractivity contribution in [3.63, 3.8) is 0 Å². The van der Waals surface area contributed by atoms with E-state index in [0.717, 1.165) is 41.0 Å². The molecule has 3 rings (SSSR count). The number of imidazole rings is 1. The molecule has 0 spiro atoms. The molecule has 0 atom stereocenters. The van der Waals surface area contributed by atoms with Crippen molar-refractivity contribution in [3.05, 3.63) is 46.4 Å². The fourth-order valence-electron chi connectivity index (χ4n) is 2.60. The summed E-state index contributed by atoms with van der Waals surface area (Å²) in [5.74, 6) is 0. The quantitative estimate of drug-likeness (QED) is 0.746. The Morgan fingerprint density at radius 3 is 2.70 bits per heavy atom. The Morgan fingerprint density at radius 1 is 1.25 bits per heavy atom. The standard InChI is InChI=1S/C15H18N4S/c1-3-7-12-13-14(18(2)17-12)19(15(20)16-13)10-11-8-5-4-6-9-11/h4-6,8-9H,3,7,10H2,1-2H3,(H,16,20). The van der Waals surface area contributed by atoms with Crippen molar-refractivity contribution in [2.24, 2.45) is 7.05 Å². The molecule has 0 radical (unpaired) electrons. The summed E-state index contributed by atoms with van der Waals surface area (Å²) in [5.41, 5.74) is 4.49. The Kier molecular flexibility index (Phi) is 3.44. The minimum Gasteiger partial charge on any atom is -0.328 e. The van der Waals surface area contributed by atoms with E-state index in [9.17, 15) is 0 Å². The lowest BCUT2D eigenvalue weighted by atomic mass is 10.2. The molecule has 0 amide bonds. The SMILES string of the molecule is CCCc1nn(C)c2c1[nH]c(=S)n2Cc1ccccc1. The van der Waals surface area contributed by atoms with Gasteiger partial charge in [-0.1, -0.05) is 43.7 Å². The predicted octanol–water partition coefficient (Wildman–Crippen LogP) is 3.43. The molecule has 2 heterocycles. The molecule has 104 valence electrons. The highest BCUT2D eigenvalue weighted by Crippen LogP contribution is 2.20. The number of benzene rings is 1. The number of rotatable bonds is 4. The molecule has 0 aliphatic rings. The van der Waals surface area contributed by atoms with Crippen LogP contribution >= 0.6 is 12.2 Å². The van der Waals surface area contributed by atoms with Crippen LogP contribution in [0.5, 0.6) is 0 Å². The summed E-state index contributed by atoms with van der Waals surface area (Å²) in [6, 6.07) is 10.4. The molecule has 0 unspecified atom stereocenters. The minimum atomic E-state index is 0.759. The van der Waals surface area contributed by atoms with Crippen molar-refractivity contribution in [2.75, 3.05) is 0 Å². The van der Waals surface area contributed by atoms with Gasteiger partial charge in [0.15, 0.2) is 10.4 Å². The van der Waals surface area contributed by atoms with Gasteiger partial charge >= 0.3 is 0 Å². The molecular weight excluding hydrogens is 268 g/mol. The molecule has 1 aromatic carbocycles. The minimum absolute atomic E-state index is 0.759. The van der Waals surface area contributed by atoms with Crippen molar-refractivity contribution in [1.82, 2.24) is 19.3 Å². The molecule has 2 aromatic heterocycles. The second-order valence-electron chi connectivity index (χ2n) is 5.02. The predicted molar refractivity (Wildman–Crippen MR) is 83.4 cm³/mol. The van der Waals surface area contributed by atoms with Crippen molar-refractivity contribution in [2.45, 2.75) is 26.3 Å². The first-order valence-corrected chi connectivity index (χ1v) is 7.30. The normalized spacial score (nSPS) is 11.3. The van der Waals surface area contributed by atoms with E-state index in [1.54, 1.807) is 0 Å². The van der Waals surface area contributed by atoms with Gasteiger partial charge in [-0.3, -0.25) is 9.25 Å². The monoisotopic (exact) mass is 286 g/mol. The summed E-state index contributed by atoms with van der Waals surface area (Å²) in [5, 5.41) is 4.60. The third kappa shape index (κ3) is 2.18. The summed E-state index contributed by atoms with van der Waals surface area (Å²) >= 11 is 5.48. The highest BCUT2D eigenvalue weighted by Gasteiger charge is 2.14. The molecule has 4 nitrogen and oxygen atoms in total. The maximum atomic E-state index is 5.48. The molecule has 0 bridgehead atoms. The Labute approximate surface area is 123 Å². The third-order valence-electron chi connectivity index (χ3n) is 3.49. The van der Waals surface area contributed by atoms with Crippen LogP contribution < -0.4 is 0 Å². The second kappa shape index (κ2) is 5.25. The van der Waals surface area contributed by atoms with Gasteiger partial charge in [0.1, 0.15) is 5.52 Å². The summed E-state index contributed by atoms with van der Waals surface area (Å²) in [7, 11) is 1.98. The molecule has 0 saturated carbocycles. The first-order valence-electron chi connectivity index (χ1n) is 6.89. The van der Waals surface area contributed by atoms with Gasteiger partial charge in [0.2, 0.25) is 0 Å². The molecule has 0 fully saturated rings. The van der Waals surface area contributed by atoms with Crippen LogP contribution in [0.3, 0.4) is 0 Å². The van der Waals surface area contributed by atoms with Crippen molar-refractivity contribution in [3.8, 4) is 0 Å². The van der Waals surface area contributed by atoms with E-state index in [1.807, 2.05) is 17.8 Å². The number of H-pyrrole nitrogens is 1. The average Bonchev–Trinajstić information content (AvgIpc) is 2.91. The van der Waals surface area contributed by atoms with Gasteiger partial charge < -0.3 is 4.98 Å². The summed E-state index contributed by atoms with van der Waals surface area (Å²) in [6.07, 6.45) is 2.05. The maximum absolute atomic E-state index is 5.48. The molecule has 5 heteroatoms. The zero-order chi connectivity index (χ0) is 14.1. The summed E-state index contributed by atoms with van der Waals surface area (Å²) < 4.78 is 4.80. The van der Waals surface area contributed by atoms with Gasteiger partial charge in [0.05, 0.1) is 12.2 Å².